The molecule has 0 aromatic heterocycles. The third-order valence-corrected chi connectivity index (χ3v) is 5.96. The summed E-state index contributed by atoms with van der Waals surface area (Å²) >= 11 is 0. The number of nitrogens with one attached hydrogen (secondary N) is 1. The van der Waals surface area contributed by atoms with E-state index < -0.39 is 0 Å². The molecule has 0 bridgehead atoms. The molecular weight excluding hydrogens is 441 g/mol. The van der Waals surface area contributed by atoms with Gasteiger partial charge in [-0.05, 0) is 43.4 Å². The topological polar surface area (TPSA) is 46.1 Å². The van der Waals surface area contributed by atoms with E-state index in [1.165, 1.54) is 25.7 Å². The van der Waals surface area contributed by atoms with E-state index in [-0.39, 0.29) is 24.0 Å². The van der Waals surface area contributed by atoms with Crippen LogP contribution in [0.4, 0.5) is 0 Å². The Kier molecular flexibility index (Phi) is 11.4. The minimum atomic E-state index is 0. The summed E-state index contributed by atoms with van der Waals surface area (Å²) in [6.45, 7) is 9.47. The van der Waals surface area contributed by atoms with Gasteiger partial charge in [0.2, 0.25) is 0 Å². The SMILES string of the molecule is CN=C(NCC(C)(C)C1CCCC1)N1CCC(OCCCOC)CC1.I. The normalized spacial score (nSPS) is 20.3. The van der Waals surface area contributed by atoms with Crippen LogP contribution in [0, 0.1) is 11.3 Å². The number of halogens is 1. The zero-order valence-corrected chi connectivity index (χ0v) is 19.6. The van der Waals surface area contributed by atoms with Gasteiger partial charge in [-0.1, -0.05) is 26.7 Å². The zero-order valence-electron chi connectivity index (χ0n) is 17.3. The first-order chi connectivity index (χ1) is 12.1. The van der Waals surface area contributed by atoms with Crippen molar-refractivity contribution >= 4 is 29.9 Å². The molecular formula is C20H40IN3O2. The van der Waals surface area contributed by atoms with Gasteiger partial charge in [0, 0.05) is 47.0 Å². The lowest BCUT2D eigenvalue weighted by molar-refractivity contribution is 0.00979. The molecule has 1 aliphatic heterocycles. The van der Waals surface area contributed by atoms with Gasteiger partial charge in [-0.25, -0.2) is 0 Å². The lowest BCUT2D eigenvalue weighted by atomic mass is 9.78. The molecule has 0 radical (unpaired) electrons. The lowest BCUT2D eigenvalue weighted by Gasteiger charge is -2.37. The molecule has 0 spiro atoms. The molecule has 6 heteroatoms. The third kappa shape index (κ3) is 7.50. The number of ether oxygens (including phenoxy) is 2. The molecule has 1 heterocycles. The predicted molar refractivity (Wildman–Crippen MR) is 120 cm³/mol. The van der Waals surface area contributed by atoms with E-state index in [1.54, 1.807) is 7.11 Å². The molecule has 154 valence electrons. The monoisotopic (exact) mass is 481 g/mol. The van der Waals surface area contributed by atoms with Crippen LogP contribution in [0.1, 0.15) is 58.8 Å². The summed E-state index contributed by atoms with van der Waals surface area (Å²) in [5.74, 6) is 1.91. The number of hydrogen-bond donors (Lipinski definition) is 1. The maximum Gasteiger partial charge on any atom is 0.193 e. The number of likely N-dealkylation sites (tertiary alicyclic amines) is 1. The van der Waals surface area contributed by atoms with Gasteiger partial charge in [-0.3, -0.25) is 4.99 Å². The van der Waals surface area contributed by atoms with Crippen LogP contribution in [0.3, 0.4) is 0 Å². The Morgan fingerprint density at radius 2 is 1.77 bits per heavy atom. The summed E-state index contributed by atoms with van der Waals surface area (Å²) in [6.07, 6.45) is 9.12. The van der Waals surface area contributed by atoms with Crippen molar-refractivity contribution in [3.05, 3.63) is 0 Å². The predicted octanol–water partition coefficient (Wildman–Crippen LogP) is 3.91. The fourth-order valence-electron chi connectivity index (χ4n) is 4.18. The number of piperidine rings is 1. The van der Waals surface area contributed by atoms with Crippen molar-refractivity contribution in [2.45, 2.75) is 64.9 Å². The van der Waals surface area contributed by atoms with Crippen molar-refractivity contribution in [3.63, 3.8) is 0 Å². The highest BCUT2D eigenvalue weighted by Crippen LogP contribution is 2.39. The van der Waals surface area contributed by atoms with E-state index >= 15 is 0 Å². The third-order valence-electron chi connectivity index (χ3n) is 5.96. The van der Waals surface area contributed by atoms with Gasteiger partial charge in [0.25, 0.3) is 0 Å². The smallest absolute Gasteiger partial charge is 0.193 e. The Bertz CT molecular complexity index is 404. The lowest BCUT2D eigenvalue weighted by Crippen LogP contribution is -2.49. The molecule has 0 aromatic carbocycles. The average Bonchev–Trinajstić information content (AvgIpc) is 3.16. The molecule has 2 fully saturated rings. The van der Waals surface area contributed by atoms with E-state index in [0.29, 0.717) is 11.5 Å². The molecule has 5 nitrogen and oxygen atoms in total. The van der Waals surface area contributed by atoms with Crippen molar-refractivity contribution in [1.82, 2.24) is 10.2 Å². The minimum absolute atomic E-state index is 0. The van der Waals surface area contributed by atoms with Gasteiger partial charge in [0.05, 0.1) is 6.10 Å². The molecule has 1 saturated carbocycles. The van der Waals surface area contributed by atoms with Crippen molar-refractivity contribution in [2.75, 3.05) is 47.0 Å². The fourth-order valence-corrected chi connectivity index (χ4v) is 4.18. The van der Waals surface area contributed by atoms with Crippen molar-refractivity contribution < 1.29 is 9.47 Å². The van der Waals surface area contributed by atoms with E-state index in [9.17, 15) is 0 Å². The van der Waals surface area contributed by atoms with Crippen molar-refractivity contribution in [2.24, 2.45) is 16.3 Å². The molecule has 0 atom stereocenters. The molecule has 0 amide bonds. The molecule has 2 aliphatic rings. The second-order valence-corrected chi connectivity index (χ2v) is 8.27. The fraction of sp³-hybridized carbons (Fsp3) is 0.950. The van der Waals surface area contributed by atoms with Crippen LogP contribution in [0.2, 0.25) is 0 Å². The largest absolute Gasteiger partial charge is 0.385 e. The van der Waals surface area contributed by atoms with Crippen LogP contribution in [0.25, 0.3) is 0 Å². The molecule has 0 unspecified atom stereocenters. The summed E-state index contributed by atoms with van der Waals surface area (Å²) in [4.78, 5) is 6.92. The summed E-state index contributed by atoms with van der Waals surface area (Å²) in [6, 6.07) is 0. The molecule has 0 aromatic rings. The maximum atomic E-state index is 5.96. The maximum absolute atomic E-state index is 5.96. The van der Waals surface area contributed by atoms with Crippen LogP contribution in [-0.4, -0.2) is 64.0 Å². The standard InChI is InChI=1S/C20H39N3O2.HI/c1-20(2,17-8-5-6-9-17)16-22-19(21-3)23-12-10-18(11-13-23)25-15-7-14-24-4;/h17-18H,5-16H2,1-4H3,(H,21,22);1H. The zero-order chi connectivity index (χ0) is 18.1. The van der Waals surface area contributed by atoms with Crippen molar-refractivity contribution in [1.29, 1.82) is 0 Å². The van der Waals surface area contributed by atoms with Gasteiger partial charge >= 0.3 is 0 Å². The van der Waals surface area contributed by atoms with Gasteiger partial charge in [0.1, 0.15) is 0 Å². The molecule has 26 heavy (non-hydrogen) atoms. The van der Waals surface area contributed by atoms with Crippen LogP contribution in [0.5, 0.6) is 0 Å². The minimum Gasteiger partial charge on any atom is -0.385 e. The number of aliphatic imine (C=N–C) groups is 1. The quantitative estimate of drug-likeness (QED) is 0.247. The summed E-state index contributed by atoms with van der Waals surface area (Å²) in [7, 11) is 3.64. The number of methoxy groups -OCH3 is 1. The van der Waals surface area contributed by atoms with E-state index in [2.05, 4.69) is 29.1 Å². The highest BCUT2D eigenvalue weighted by atomic mass is 127. The van der Waals surface area contributed by atoms with Crippen molar-refractivity contribution in [3.8, 4) is 0 Å². The Morgan fingerprint density at radius 3 is 2.35 bits per heavy atom. The van der Waals surface area contributed by atoms with Gasteiger partial charge in [0.15, 0.2) is 5.96 Å². The Morgan fingerprint density at radius 1 is 1.12 bits per heavy atom. The number of hydrogen-bond acceptors (Lipinski definition) is 3. The van der Waals surface area contributed by atoms with Crippen LogP contribution in [-0.2, 0) is 9.47 Å². The first-order valence-corrected chi connectivity index (χ1v) is 10.1. The summed E-state index contributed by atoms with van der Waals surface area (Å²) in [5.41, 5.74) is 0.342. The Labute approximate surface area is 177 Å². The molecule has 2 rings (SSSR count). The van der Waals surface area contributed by atoms with E-state index in [0.717, 1.165) is 64.0 Å². The molecule has 1 N–H and O–H groups in total. The summed E-state index contributed by atoms with van der Waals surface area (Å²) < 4.78 is 11.0. The van der Waals surface area contributed by atoms with E-state index in [1.807, 2.05) is 7.05 Å². The second-order valence-electron chi connectivity index (χ2n) is 8.27. The van der Waals surface area contributed by atoms with Crippen LogP contribution in [0.15, 0.2) is 4.99 Å². The second kappa shape index (κ2) is 12.4. The van der Waals surface area contributed by atoms with E-state index in [4.69, 9.17) is 9.47 Å². The number of nitrogens with zero attached hydrogens (tertiary/aromatic N) is 2. The average molecular weight is 481 g/mol. The Balaban J connectivity index is 0.00000338. The first kappa shape index (κ1) is 24.0. The highest BCUT2D eigenvalue weighted by molar-refractivity contribution is 14.0. The van der Waals surface area contributed by atoms with Gasteiger partial charge in [-0.2, -0.15) is 0 Å². The van der Waals surface area contributed by atoms with Gasteiger partial charge < -0.3 is 19.7 Å². The number of rotatable bonds is 8. The van der Waals surface area contributed by atoms with Crippen LogP contribution >= 0.6 is 24.0 Å². The highest BCUT2D eigenvalue weighted by Gasteiger charge is 2.32. The summed E-state index contributed by atoms with van der Waals surface area (Å²) in [5, 5.41) is 3.65. The van der Waals surface area contributed by atoms with Gasteiger partial charge in [-0.15, -0.1) is 24.0 Å². The Hall–Kier alpha value is -0.0800. The first-order valence-electron chi connectivity index (χ1n) is 10.1. The van der Waals surface area contributed by atoms with Crippen LogP contribution < -0.4 is 5.32 Å². The number of guanidine groups is 1. The molecule has 1 aliphatic carbocycles. The molecule has 1 saturated heterocycles.